The maximum Gasteiger partial charge on any atom is 0.229 e. The molecule has 1 unspecified atom stereocenters. The normalized spacial score (nSPS) is 18.1. The molecule has 0 bridgehead atoms. The van der Waals surface area contributed by atoms with E-state index in [4.69, 9.17) is 18.7 Å². The van der Waals surface area contributed by atoms with Crippen LogP contribution in [0.25, 0.3) is 21.5 Å². The third-order valence-corrected chi connectivity index (χ3v) is 7.94. The van der Waals surface area contributed by atoms with E-state index in [2.05, 4.69) is 39.2 Å². The number of fused-ring (bicyclic) bond motifs is 1. The fourth-order valence-electron chi connectivity index (χ4n) is 5.07. The van der Waals surface area contributed by atoms with Gasteiger partial charge in [0.05, 0.1) is 6.04 Å². The standard InChI is InChI=1S/C29H31N3O5S/c33-23(18-35-24-8-4-7-22(16-24)28-29-26(37-30-28)9-14-38-29)17-31-10-12-32(13-11-31)25(27-19-34-20-36-27)15-21-5-2-1-3-6-21/h1-9,14,16,19,23,25,33H,10-13,15,17-18,20H2/t23-,25?/m1/s1. The summed E-state index contributed by atoms with van der Waals surface area (Å²) in [5, 5.41) is 16.9. The maximum absolute atomic E-state index is 10.7. The van der Waals surface area contributed by atoms with Gasteiger partial charge in [-0.3, -0.25) is 9.80 Å². The van der Waals surface area contributed by atoms with Crippen molar-refractivity contribution in [3.05, 3.63) is 83.6 Å². The Morgan fingerprint density at radius 1 is 1.03 bits per heavy atom. The molecule has 6 rings (SSSR count). The smallest absolute Gasteiger partial charge is 0.229 e. The number of hydrogen-bond donors (Lipinski definition) is 1. The third-order valence-electron chi connectivity index (χ3n) is 7.04. The molecule has 38 heavy (non-hydrogen) atoms. The van der Waals surface area contributed by atoms with Crippen molar-refractivity contribution in [3.63, 3.8) is 0 Å². The fourth-order valence-corrected chi connectivity index (χ4v) is 5.89. The zero-order valence-corrected chi connectivity index (χ0v) is 21.9. The Morgan fingerprint density at radius 3 is 2.71 bits per heavy atom. The van der Waals surface area contributed by atoms with E-state index >= 15 is 0 Å². The number of thiophene rings is 1. The number of β-amino-alcohol motifs (C(OH)–C–C–N with tert-alkyl or cyclic N) is 1. The predicted octanol–water partition coefficient (Wildman–Crippen LogP) is 4.37. The van der Waals surface area contributed by atoms with Gasteiger partial charge in [0.25, 0.3) is 0 Å². The van der Waals surface area contributed by atoms with Crippen molar-refractivity contribution in [2.24, 2.45) is 0 Å². The molecule has 0 saturated carbocycles. The number of aliphatic hydroxyl groups excluding tert-OH is 1. The number of aromatic nitrogens is 1. The molecule has 1 saturated heterocycles. The van der Waals surface area contributed by atoms with E-state index in [1.807, 2.05) is 41.8 Å². The van der Waals surface area contributed by atoms with Crippen molar-refractivity contribution in [1.82, 2.24) is 15.0 Å². The highest BCUT2D eigenvalue weighted by Crippen LogP contribution is 2.33. The largest absolute Gasteiger partial charge is 0.491 e. The highest BCUT2D eigenvalue weighted by Gasteiger charge is 2.30. The first-order valence-electron chi connectivity index (χ1n) is 12.9. The van der Waals surface area contributed by atoms with Gasteiger partial charge >= 0.3 is 0 Å². The van der Waals surface area contributed by atoms with E-state index in [0.29, 0.717) is 12.3 Å². The molecule has 4 aromatic rings. The van der Waals surface area contributed by atoms with Crippen LogP contribution in [0.15, 0.2) is 82.6 Å². The van der Waals surface area contributed by atoms with Crippen molar-refractivity contribution < 1.29 is 23.8 Å². The summed E-state index contributed by atoms with van der Waals surface area (Å²) in [6, 6.07) is 20.3. The molecule has 2 atom stereocenters. The zero-order chi connectivity index (χ0) is 25.7. The molecule has 2 aliphatic rings. The number of benzene rings is 2. The van der Waals surface area contributed by atoms with Crippen LogP contribution in [0.3, 0.4) is 0 Å². The summed E-state index contributed by atoms with van der Waals surface area (Å²) in [6.45, 7) is 4.60. The maximum atomic E-state index is 10.7. The zero-order valence-electron chi connectivity index (χ0n) is 21.1. The average molecular weight is 534 g/mol. The van der Waals surface area contributed by atoms with Gasteiger partial charge in [-0.15, -0.1) is 11.3 Å². The molecule has 1 N–H and O–H groups in total. The second-order valence-electron chi connectivity index (χ2n) is 9.63. The molecular weight excluding hydrogens is 502 g/mol. The van der Waals surface area contributed by atoms with E-state index in [1.165, 1.54) is 5.56 Å². The monoisotopic (exact) mass is 533 g/mol. The van der Waals surface area contributed by atoms with Gasteiger partial charge in [0.15, 0.2) is 11.3 Å². The molecule has 0 radical (unpaired) electrons. The van der Waals surface area contributed by atoms with Gasteiger partial charge in [-0.25, -0.2) is 0 Å². The molecular formula is C29H31N3O5S. The Kier molecular flexibility index (Phi) is 7.59. The average Bonchev–Trinajstić information content (AvgIpc) is 3.72. The Balaban J connectivity index is 1.01. The van der Waals surface area contributed by atoms with Crippen molar-refractivity contribution in [3.8, 4) is 17.0 Å². The van der Waals surface area contributed by atoms with Crippen LogP contribution >= 0.6 is 11.3 Å². The summed E-state index contributed by atoms with van der Waals surface area (Å²) in [5.41, 5.74) is 3.82. The van der Waals surface area contributed by atoms with Crippen LogP contribution in [-0.2, 0) is 15.9 Å². The van der Waals surface area contributed by atoms with E-state index in [9.17, 15) is 5.11 Å². The first kappa shape index (κ1) is 24.9. The molecule has 198 valence electrons. The lowest BCUT2D eigenvalue weighted by Gasteiger charge is -2.39. The molecule has 4 heterocycles. The quantitative estimate of drug-likeness (QED) is 0.322. The van der Waals surface area contributed by atoms with Gasteiger partial charge in [-0.1, -0.05) is 47.6 Å². The molecule has 9 heteroatoms. The summed E-state index contributed by atoms with van der Waals surface area (Å²) in [4.78, 5) is 4.75. The SMILES string of the molecule is O[C@@H](COc1cccc(-c2noc3ccsc23)c1)CN1CCN(C(Cc2ccccc2)C2=COCO2)CC1. The summed E-state index contributed by atoms with van der Waals surface area (Å²) < 4.78 is 23.5. The Labute approximate surface area is 225 Å². The molecule has 1 fully saturated rings. The van der Waals surface area contributed by atoms with Gasteiger partial charge in [-0.2, -0.15) is 0 Å². The third kappa shape index (κ3) is 5.71. The van der Waals surface area contributed by atoms with Crippen LogP contribution in [0, 0.1) is 0 Å². The number of piperazine rings is 1. The lowest BCUT2D eigenvalue weighted by Crippen LogP contribution is -2.53. The minimum atomic E-state index is -0.587. The van der Waals surface area contributed by atoms with Gasteiger partial charge < -0.3 is 23.8 Å². The van der Waals surface area contributed by atoms with Gasteiger partial charge in [0.1, 0.15) is 35.1 Å². The highest BCUT2D eigenvalue weighted by molar-refractivity contribution is 7.17. The fraction of sp³-hybridized carbons (Fsp3) is 0.345. The second-order valence-corrected chi connectivity index (χ2v) is 10.5. The van der Waals surface area contributed by atoms with Gasteiger partial charge in [0.2, 0.25) is 6.79 Å². The van der Waals surface area contributed by atoms with Crippen LogP contribution in [0.1, 0.15) is 5.56 Å². The van der Waals surface area contributed by atoms with E-state index in [1.54, 1.807) is 17.6 Å². The minimum Gasteiger partial charge on any atom is -0.491 e. The minimum absolute atomic E-state index is 0.141. The molecule has 2 aliphatic heterocycles. The van der Waals surface area contributed by atoms with Crippen molar-refractivity contribution in [2.45, 2.75) is 18.6 Å². The first-order chi connectivity index (χ1) is 18.7. The topological polar surface area (TPSA) is 80.4 Å². The van der Waals surface area contributed by atoms with Crippen molar-refractivity contribution >= 4 is 21.6 Å². The number of hydrogen-bond acceptors (Lipinski definition) is 9. The Morgan fingerprint density at radius 2 is 1.89 bits per heavy atom. The molecule has 0 aliphatic carbocycles. The lowest BCUT2D eigenvalue weighted by atomic mass is 10.0. The summed E-state index contributed by atoms with van der Waals surface area (Å²) in [6.07, 6.45) is 2.04. The van der Waals surface area contributed by atoms with Gasteiger partial charge in [0, 0.05) is 38.3 Å². The van der Waals surface area contributed by atoms with Gasteiger partial charge in [-0.05, 0) is 35.6 Å². The summed E-state index contributed by atoms with van der Waals surface area (Å²) in [5.74, 6) is 1.60. The van der Waals surface area contributed by atoms with E-state index in [0.717, 1.165) is 59.9 Å². The van der Waals surface area contributed by atoms with Crippen LogP contribution in [0.4, 0.5) is 0 Å². The van der Waals surface area contributed by atoms with Crippen molar-refractivity contribution in [2.75, 3.05) is 46.1 Å². The lowest BCUT2D eigenvalue weighted by molar-refractivity contribution is 0.0251. The Hall–Kier alpha value is -3.37. The summed E-state index contributed by atoms with van der Waals surface area (Å²) >= 11 is 1.61. The van der Waals surface area contributed by atoms with Crippen LogP contribution in [0.2, 0.25) is 0 Å². The predicted molar refractivity (Wildman–Crippen MR) is 146 cm³/mol. The van der Waals surface area contributed by atoms with E-state index < -0.39 is 6.10 Å². The van der Waals surface area contributed by atoms with E-state index in [-0.39, 0.29) is 19.4 Å². The van der Waals surface area contributed by atoms with Crippen LogP contribution in [-0.4, -0.2) is 78.3 Å². The number of aliphatic hydroxyl groups is 1. The van der Waals surface area contributed by atoms with Crippen LogP contribution in [0.5, 0.6) is 5.75 Å². The first-order valence-corrected chi connectivity index (χ1v) is 13.8. The molecule has 0 spiro atoms. The Bertz CT molecular complexity index is 1360. The number of rotatable bonds is 10. The highest BCUT2D eigenvalue weighted by atomic mass is 32.1. The van der Waals surface area contributed by atoms with Crippen molar-refractivity contribution in [1.29, 1.82) is 0 Å². The number of nitrogens with zero attached hydrogens (tertiary/aromatic N) is 3. The van der Waals surface area contributed by atoms with Crippen LogP contribution < -0.4 is 4.74 Å². The molecule has 2 aromatic carbocycles. The molecule has 8 nitrogen and oxygen atoms in total. The molecule has 0 amide bonds. The second kappa shape index (κ2) is 11.6. The summed E-state index contributed by atoms with van der Waals surface area (Å²) in [7, 11) is 0. The number of ether oxygens (including phenoxy) is 3. The molecule has 2 aromatic heterocycles.